The van der Waals surface area contributed by atoms with Gasteiger partial charge in [0.2, 0.25) is 5.13 Å². The molecule has 0 aliphatic carbocycles. The number of anilines is 1. The molecule has 0 aliphatic rings. The summed E-state index contributed by atoms with van der Waals surface area (Å²) in [4.78, 5) is 6.87. The van der Waals surface area contributed by atoms with Crippen LogP contribution < -0.4 is 4.90 Å². The Labute approximate surface area is 107 Å². The maximum absolute atomic E-state index is 5.80. The number of nitrogens with zero attached hydrogens (tertiary/aromatic N) is 4. The number of hydrogen-bond acceptors (Lipinski definition) is 6. The third-order valence-corrected chi connectivity index (χ3v) is 4.02. The molecule has 0 atom stereocenters. The summed E-state index contributed by atoms with van der Waals surface area (Å²) < 4.78 is 0.894. The van der Waals surface area contributed by atoms with Crippen molar-refractivity contribution < 1.29 is 0 Å². The van der Waals surface area contributed by atoms with Crippen LogP contribution in [-0.4, -0.2) is 29.3 Å². The molecule has 2 heterocycles. The van der Waals surface area contributed by atoms with Crippen molar-refractivity contribution >= 4 is 39.8 Å². The highest BCUT2D eigenvalue weighted by molar-refractivity contribution is 8.01. The van der Waals surface area contributed by atoms with Gasteiger partial charge in [0.05, 0.1) is 0 Å². The van der Waals surface area contributed by atoms with Gasteiger partial charge in [-0.05, 0) is 12.1 Å². The molecule has 0 saturated heterocycles. The van der Waals surface area contributed by atoms with Crippen molar-refractivity contribution in [2.45, 2.75) is 9.24 Å². The van der Waals surface area contributed by atoms with Gasteiger partial charge >= 0.3 is 0 Å². The molecule has 4 nitrogen and oxygen atoms in total. The average Bonchev–Trinajstić information content (AvgIpc) is 2.66. The van der Waals surface area contributed by atoms with Gasteiger partial charge < -0.3 is 4.90 Å². The minimum atomic E-state index is 0.488. The van der Waals surface area contributed by atoms with Crippen molar-refractivity contribution in [3.8, 4) is 0 Å². The van der Waals surface area contributed by atoms with Crippen molar-refractivity contribution in [2.75, 3.05) is 19.0 Å². The monoisotopic (exact) mass is 272 g/mol. The predicted molar refractivity (Wildman–Crippen MR) is 67.6 cm³/mol. The maximum atomic E-state index is 5.80. The first-order chi connectivity index (χ1) is 7.65. The van der Waals surface area contributed by atoms with E-state index in [1.165, 1.54) is 11.8 Å². The van der Waals surface area contributed by atoms with E-state index in [4.69, 9.17) is 11.6 Å². The van der Waals surface area contributed by atoms with Crippen LogP contribution in [0.1, 0.15) is 0 Å². The summed E-state index contributed by atoms with van der Waals surface area (Å²) in [5, 5.41) is 9.53. The maximum Gasteiger partial charge on any atom is 0.208 e. The van der Waals surface area contributed by atoms with Gasteiger partial charge in [-0.3, -0.25) is 0 Å². The Bertz CT molecular complexity index is 486. The molecular weight excluding hydrogens is 264 g/mol. The molecule has 0 amide bonds. The number of halogens is 1. The summed E-state index contributed by atoms with van der Waals surface area (Å²) in [6, 6.07) is 3.70. The molecule has 2 rings (SSSR count). The predicted octanol–water partition coefficient (Wildman–Crippen LogP) is 2.80. The van der Waals surface area contributed by atoms with Crippen LogP contribution in [0.3, 0.4) is 0 Å². The second kappa shape index (κ2) is 4.99. The molecule has 0 spiro atoms. The van der Waals surface area contributed by atoms with Gasteiger partial charge in [0.15, 0.2) is 4.34 Å². The quantitative estimate of drug-likeness (QED) is 0.804. The Kier molecular flexibility index (Phi) is 3.63. The number of hydrogen-bond donors (Lipinski definition) is 0. The van der Waals surface area contributed by atoms with E-state index in [0.717, 1.165) is 14.4 Å². The second-order valence-electron chi connectivity index (χ2n) is 3.16. The van der Waals surface area contributed by atoms with Crippen molar-refractivity contribution in [3.63, 3.8) is 0 Å². The van der Waals surface area contributed by atoms with Gasteiger partial charge in [-0.25, -0.2) is 4.98 Å². The minimum Gasteiger partial charge on any atom is -0.353 e. The fraction of sp³-hybridized carbons (Fsp3) is 0.222. The van der Waals surface area contributed by atoms with Crippen LogP contribution in [0.25, 0.3) is 0 Å². The zero-order valence-corrected chi connectivity index (χ0v) is 11.1. The molecule has 0 N–H and O–H groups in total. The Morgan fingerprint density at radius 3 is 2.81 bits per heavy atom. The molecule has 0 saturated carbocycles. The fourth-order valence-electron chi connectivity index (χ4n) is 0.973. The van der Waals surface area contributed by atoms with Crippen LogP contribution in [0, 0.1) is 0 Å². The number of pyridine rings is 1. The average molecular weight is 273 g/mol. The van der Waals surface area contributed by atoms with E-state index in [9.17, 15) is 0 Å². The summed E-state index contributed by atoms with van der Waals surface area (Å²) in [5.41, 5.74) is 0. The summed E-state index contributed by atoms with van der Waals surface area (Å²) in [6.45, 7) is 0. The van der Waals surface area contributed by atoms with Crippen LogP contribution >= 0.6 is 34.7 Å². The molecule has 16 heavy (non-hydrogen) atoms. The molecule has 84 valence electrons. The van der Waals surface area contributed by atoms with Crippen molar-refractivity contribution in [1.29, 1.82) is 0 Å². The smallest absolute Gasteiger partial charge is 0.208 e. The molecule has 2 aromatic heterocycles. The van der Waals surface area contributed by atoms with Gasteiger partial charge in [-0.2, -0.15) is 0 Å². The van der Waals surface area contributed by atoms with E-state index < -0.39 is 0 Å². The van der Waals surface area contributed by atoms with Crippen LogP contribution in [0.5, 0.6) is 0 Å². The minimum absolute atomic E-state index is 0.488. The fourth-order valence-corrected chi connectivity index (χ4v) is 2.98. The molecule has 0 fully saturated rings. The zero-order valence-electron chi connectivity index (χ0n) is 8.72. The first kappa shape index (κ1) is 11.6. The third kappa shape index (κ3) is 2.84. The normalized spacial score (nSPS) is 10.4. The molecule has 0 radical (unpaired) electrons. The first-order valence-electron chi connectivity index (χ1n) is 4.45. The standard InChI is InChI=1S/C9H9ClN4S2/c1-14(2)8-12-13-9(16-8)15-6-3-4-11-7(10)5-6/h3-5H,1-2H3. The zero-order chi connectivity index (χ0) is 11.5. The van der Waals surface area contributed by atoms with Gasteiger partial charge in [0.25, 0.3) is 0 Å². The Hall–Kier alpha value is -0.850. The summed E-state index contributed by atoms with van der Waals surface area (Å²) in [5.74, 6) is 0. The van der Waals surface area contributed by atoms with Gasteiger partial charge in [0, 0.05) is 25.2 Å². The van der Waals surface area contributed by atoms with E-state index in [1.54, 1.807) is 17.5 Å². The highest BCUT2D eigenvalue weighted by Crippen LogP contribution is 2.32. The van der Waals surface area contributed by atoms with Gasteiger partial charge in [-0.1, -0.05) is 34.7 Å². The Morgan fingerprint density at radius 1 is 1.38 bits per heavy atom. The van der Waals surface area contributed by atoms with E-state index in [2.05, 4.69) is 15.2 Å². The lowest BCUT2D eigenvalue weighted by Crippen LogP contribution is -2.07. The van der Waals surface area contributed by atoms with Crippen LogP contribution in [0.15, 0.2) is 27.6 Å². The second-order valence-corrected chi connectivity index (χ2v) is 5.83. The molecule has 0 unspecified atom stereocenters. The van der Waals surface area contributed by atoms with E-state index in [1.807, 2.05) is 31.1 Å². The van der Waals surface area contributed by atoms with Crippen molar-refractivity contribution in [1.82, 2.24) is 15.2 Å². The highest BCUT2D eigenvalue weighted by atomic mass is 35.5. The van der Waals surface area contributed by atoms with Crippen molar-refractivity contribution in [3.05, 3.63) is 23.5 Å². The Morgan fingerprint density at radius 2 is 2.19 bits per heavy atom. The van der Waals surface area contributed by atoms with E-state index in [0.29, 0.717) is 5.15 Å². The highest BCUT2D eigenvalue weighted by Gasteiger charge is 2.07. The van der Waals surface area contributed by atoms with Gasteiger partial charge in [-0.15, -0.1) is 10.2 Å². The largest absolute Gasteiger partial charge is 0.353 e. The lowest BCUT2D eigenvalue weighted by Gasteiger charge is -2.03. The lowest BCUT2D eigenvalue weighted by atomic mass is 10.5. The Balaban J connectivity index is 2.14. The van der Waals surface area contributed by atoms with Crippen LogP contribution in [0.2, 0.25) is 5.15 Å². The SMILES string of the molecule is CN(C)c1nnc(Sc2ccnc(Cl)c2)s1. The molecule has 7 heteroatoms. The van der Waals surface area contributed by atoms with E-state index >= 15 is 0 Å². The van der Waals surface area contributed by atoms with Crippen molar-refractivity contribution in [2.24, 2.45) is 0 Å². The van der Waals surface area contributed by atoms with Gasteiger partial charge in [0.1, 0.15) is 5.15 Å². The number of aromatic nitrogens is 3. The number of rotatable bonds is 3. The summed E-state index contributed by atoms with van der Waals surface area (Å²) in [7, 11) is 3.89. The third-order valence-electron chi connectivity index (χ3n) is 1.68. The molecule has 2 aromatic rings. The van der Waals surface area contributed by atoms with Crippen LogP contribution in [0.4, 0.5) is 5.13 Å². The summed E-state index contributed by atoms with van der Waals surface area (Å²) >= 11 is 8.88. The lowest BCUT2D eigenvalue weighted by molar-refractivity contribution is 0.972. The molecule has 0 aliphatic heterocycles. The van der Waals surface area contributed by atoms with E-state index in [-0.39, 0.29) is 0 Å². The molecule has 0 bridgehead atoms. The van der Waals surface area contributed by atoms with Crippen LogP contribution in [-0.2, 0) is 0 Å². The molecule has 0 aromatic carbocycles. The topological polar surface area (TPSA) is 41.9 Å². The first-order valence-corrected chi connectivity index (χ1v) is 6.46. The summed E-state index contributed by atoms with van der Waals surface area (Å²) in [6.07, 6.45) is 1.68. The molecular formula is C9H9ClN4S2.